The molecule has 0 aliphatic carbocycles. The van der Waals surface area contributed by atoms with Gasteiger partial charge in [0.15, 0.2) is 0 Å². The van der Waals surface area contributed by atoms with Crippen LogP contribution in [0.15, 0.2) is 42.5 Å². The zero-order valence-electron chi connectivity index (χ0n) is 16.2. The number of amides is 1. The number of hydrogen-bond donors (Lipinski definition) is 1. The molecule has 1 saturated heterocycles. The largest absolute Gasteiger partial charge is 0.384 e. The van der Waals surface area contributed by atoms with Gasteiger partial charge in [0.05, 0.1) is 5.69 Å². The molecule has 4 nitrogen and oxygen atoms in total. The summed E-state index contributed by atoms with van der Waals surface area (Å²) in [6, 6.07) is 13.1. The van der Waals surface area contributed by atoms with Crippen molar-refractivity contribution in [2.45, 2.75) is 26.7 Å². The minimum atomic E-state index is -0.202. The van der Waals surface area contributed by atoms with Crippen molar-refractivity contribution >= 4 is 17.3 Å². The molecule has 0 radical (unpaired) electrons. The van der Waals surface area contributed by atoms with Gasteiger partial charge in [-0.25, -0.2) is 4.39 Å². The molecule has 144 valence electrons. The van der Waals surface area contributed by atoms with E-state index in [0.717, 1.165) is 12.1 Å². The van der Waals surface area contributed by atoms with Gasteiger partial charge in [-0.05, 0) is 36.6 Å². The highest BCUT2D eigenvalue weighted by Gasteiger charge is 2.22. The summed E-state index contributed by atoms with van der Waals surface area (Å²) in [5, 5.41) is 3.44. The molecular formula is C22H28FN3O. The molecule has 27 heavy (non-hydrogen) atoms. The molecule has 0 bridgehead atoms. The highest BCUT2D eigenvalue weighted by molar-refractivity contribution is 5.77. The lowest BCUT2D eigenvalue weighted by molar-refractivity contribution is -0.131. The summed E-state index contributed by atoms with van der Waals surface area (Å²) in [4.78, 5) is 16.4. The first-order chi connectivity index (χ1) is 13.1. The Bertz CT molecular complexity index is 785. The summed E-state index contributed by atoms with van der Waals surface area (Å²) in [5.41, 5.74) is 4.26. The Balaban J connectivity index is 1.48. The van der Waals surface area contributed by atoms with Crippen LogP contribution < -0.4 is 10.2 Å². The molecule has 3 rings (SSSR count). The first-order valence-corrected chi connectivity index (χ1v) is 9.69. The third-order valence-corrected chi connectivity index (χ3v) is 5.21. The van der Waals surface area contributed by atoms with Gasteiger partial charge in [0, 0.05) is 44.8 Å². The monoisotopic (exact) mass is 369 g/mol. The van der Waals surface area contributed by atoms with Crippen LogP contribution in [0.4, 0.5) is 15.8 Å². The number of hydrogen-bond acceptors (Lipinski definition) is 3. The van der Waals surface area contributed by atoms with Gasteiger partial charge in [-0.15, -0.1) is 0 Å². The maximum atomic E-state index is 13.9. The maximum absolute atomic E-state index is 13.9. The molecule has 1 N–H and O–H groups in total. The van der Waals surface area contributed by atoms with E-state index in [2.05, 4.69) is 37.4 Å². The minimum absolute atomic E-state index is 0.155. The van der Waals surface area contributed by atoms with Crippen molar-refractivity contribution in [2.24, 2.45) is 0 Å². The summed E-state index contributed by atoms with van der Waals surface area (Å²) < 4.78 is 13.9. The van der Waals surface area contributed by atoms with Crippen LogP contribution in [0.3, 0.4) is 0 Å². The molecule has 1 fully saturated rings. The van der Waals surface area contributed by atoms with Crippen LogP contribution in [0.5, 0.6) is 0 Å². The zero-order valence-corrected chi connectivity index (χ0v) is 16.2. The third kappa shape index (κ3) is 4.59. The van der Waals surface area contributed by atoms with Crippen molar-refractivity contribution in [3.63, 3.8) is 0 Å². The number of aryl methyl sites for hydroxylation is 2. The summed E-state index contributed by atoms with van der Waals surface area (Å²) in [5.74, 6) is -0.0475. The molecule has 0 unspecified atom stereocenters. The fourth-order valence-electron chi connectivity index (χ4n) is 3.63. The van der Waals surface area contributed by atoms with Crippen LogP contribution >= 0.6 is 0 Å². The highest BCUT2D eigenvalue weighted by atomic mass is 19.1. The maximum Gasteiger partial charge on any atom is 0.224 e. The van der Waals surface area contributed by atoms with Gasteiger partial charge >= 0.3 is 0 Å². The predicted molar refractivity (Wildman–Crippen MR) is 109 cm³/mol. The van der Waals surface area contributed by atoms with Crippen molar-refractivity contribution in [1.29, 1.82) is 0 Å². The lowest BCUT2D eigenvalue weighted by atomic mass is 10.1. The second kappa shape index (κ2) is 8.89. The standard InChI is InChI=1S/C22H28FN3O/c1-3-18-8-6-7-17(2)22(18)24-12-11-21(27)26-15-13-25(14-16-26)20-10-5-4-9-19(20)23/h4-10,24H,3,11-16H2,1-2H3. The Morgan fingerprint density at radius 2 is 1.81 bits per heavy atom. The molecular weight excluding hydrogens is 341 g/mol. The number of carbonyl (C=O) groups excluding carboxylic acids is 1. The normalized spacial score (nSPS) is 14.3. The number of rotatable bonds is 6. The average molecular weight is 369 g/mol. The molecule has 0 aromatic heterocycles. The average Bonchev–Trinajstić information content (AvgIpc) is 2.69. The third-order valence-electron chi connectivity index (χ3n) is 5.21. The molecule has 1 amide bonds. The molecule has 2 aromatic carbocycles. The predicted octanol–water partition coefficient (Wildman–Crippen LogP) is 3.85. The van der Waals surface area contributed by atoms with Crippen molar-refractivity contribution in [2.75, 3.05) is 42.9 Å². The second-order valence-corrected chi connectivity index (χ2v) is 6.96. The van der Waals surface area contributed by atoms with Crippen LogP contribution in [-0.4, -0.2) is 43.5 Å². The van der Waals surface area contributed by atoms with E-state index in [9.17, 15) is 9.18 Å². The summed E-state index contributed by atoms with van der Waals surface area (Å²) in [7, 11) is 0. The Morgan fingerprint density at radius 3 is 2.52 bits per heavy atom. The van der Waals surface area contributed by atoms with Gasteiger partial charge in [0.2, 0.25) is 5.91 Å². The van der Waals surface area contributed by atoms with Crippen LogP contribution in [0.25, 0.3) is 0 Å². The Labute approximate surface area is 161 Å². The molecule has 1 aliphatic heterocycles. The van der Waals surface area contributed by atoms with Crippen LogP contribution in [0.2, 0.25) is 0 Å². The van der Waals surface area contributed by atoms with E-state index in [-0.39, 0.29) is 11.7 Å². The highest BCUT2D eigenvalue weighted by Crippen LogP contribution is 2.22. The van der Waals surface area contributed by atoms with E-state index >= 15 is 0 Å². The zero-order chi connectivity index (χ0) is 19.2. The molecule has 2 aromatic rings. The lowest BCUT2D eigenvalue weighted by Crippen LogP contribution is -2.49. The van der Waals surface area contributed by atoms with Gasteiger partial charge in [-0.2, -0.15) is 0 Å². The van der Waals surface area contributed by atoms with E-state index in [1.807, 2.05) is 15.9 Å². The fourth-order valence-corrected chi connectivity index (χ4v) is 3.63. The number of halogens is 1. The number of nitrogens with zero attached hydrogens (tertiary/aromatic N) is 2. The number of carbonyl (C=O) groups is 1. The molecule has 0 atom stereocenters. The van der Waals surface area contributed by atoms with E-state index < -0.39 is 0 Å². The number of piperazine rings is 1. The van der Waals surface area contributed by atoms with E-state index in [4.69, 9.17) is 0 Å². The number of para-hydroxylation sites is 2. The SMILES string of the molecule is CCc1cccc(C)c1NCCC(=O)N1CCN(c2ccccc2F)CC1. The van der Waals surface area contributed by atoms with Gasteiger partial charge in [-0.3, -0.25) is 4.79 Å². The van der Waals surface area contributed by atoms with Crippen molar-refractivity contribution in [3.8, 4) is 0 Å². The molecule has 5 heteroatoms. The topological polar surface area (TPSA) is 35.6 Å². The van der Waals surface area contributed by atoms with Gasteiger partial charge in [-0.1, -0.05) is 37.3 Å². The van der Waals surface area contributed by atoms with Crippen LogP contribution in [0.1, 0.15) is 24.5 Å². The molecule has 0 spiro atoms. The smallest absolute Gasteiger partial charge is 0.224 e. The van der Waals surface area contributed by atoms with E-state index in [1.54, 1.807) is 12.1 Å². The summed E-state index contributed by atoms with van der Waals surface area (Å²) >= 11 is 0. The molecule has 1 aliphatic rings. The van der Waals surface area contributed by atoms with Crippen molar-refractivity contribution in [1.82, 2.24) is 4.90 Å². The van der Waals surface area contributed by atoms with Gasteiger partial charge in [0.1, 0.15) is 5.82 Å². The van der Waals surface area contributed by atoms with Crippen LogP contribution in [0, 0.1) is 12.7 Å². The van der Waals surface area contributed by atoms with Crippen molar-refractivity contribution < 1.29 is 9.18 Å². The Kier molecular flexibility index (Phi) is 6.32. The van der Waals surface area contributed by atoms with Crippen LogP contribution in [-0.2, 0) is 11.2 Å². The first kappa shape index (κ1) is 19.2. The lowest BCUT2D eigenvalue weighted by Gasteiger charge is -2.36. The Hall–Kier alpha value is -2.56. The van der Waals surface area contributed by atoms with Crippen molar-refractivity contribution in [3.05, 3.63) is 59.4 Å². The number of nitrogens with one attached hydrogen (secondary N) is 1. The summed E-state index contributed by atoms with van der Waals surface area (Å²) in [6.45, 7) is 7.46. The number of benzene rings is 2. The molecule has 1 heterocycles. The second-order valence-electron chi connectivity index (χ2n) is 6.96. The quantitative estimate of drug-likeness (QED) is 0.840. The summed E-state index contributed by atoms with van der Waals surface area (Å²) in [6.07, 6.45) is 1.44. The minimum Gasteiger partial charge on any atom is -0.384 e. The Morgan fingerprint density at radius 1 is 1.07 bits per heavy atom. The van der Waals surface area contributed by atoms with E-state index in [1.165, 1.54) is 17.2 Å². The number of anilines is 2. The van der Waals surface area contributed by atoms with Gasteiger partial charge < -0.3 is 15.1 Å². The first-order valence-electron chi connectivity index (χ1n) is 9.69. The fraction of sp³-hybridized carbons (Fsp3) is 0.409. The van der Waals surface area contributed by atoms with E-state index in [0.29, 0.717) is 44.8 Å². The molecule has 0 saturated carbocycles. The van der Waals surface area contributed by atoms with Gasteiger partial charge in [0.25, 0.3) is 0 Å².